The first-order chi connectivity index (χ1) is 9.86. The van der Waals surface area contributed by atoms with E-state index in [9.17, 15) is 17.2 Å². The number of hydrogen-bond donors (Lipinski definition) is 0. The molecule has 0 aromatic heterocycles. The van der Waals surface area contributed by atoms with E-state index in [0.29, 0.717) is 6.07 Å². The Morgan fingerprint density at radius 3 is 2.24 bits per heavy atom. The van der Waals surface area contributed by atoms with Crippen molar-refractivity contribution >= 4 is 9.84 Å². The fraction of sp³-hybridized carbons (Fsp3) is 0.133. The fourth-order valence-corrected chi connectivity index (χ4v) is 3.30. The summed E-state index contributed by atoms with van der Waals surface area (Å²) >= 11 is 0. The predicted molar refractivity (Wildman–Crippen MR) is 74.1 cm³/mol. The maximum Gasteiger partial charge on any atom is 0.353 e. The Morgan fingerprint density at radius 1 is 1.10 bits per heavy atom. The van der Waals surface area contributed by atoms with Crippen LogP contribution in [0.2, 0.25) is 0 Å². The van der Waals surface area contributed by atoms with Crippen molar-refractivity contribution in [1.82, 2.24) is 0 Å². The topological polar surface area (TPSA) is 38.5 Å². The lowest BCUT2D eigenvalue weighted by Gasteiger charge is -2.09. The van der Waals surface area contributed by atoms with E-state index in [4.69, 9.17) is 6.57 Å². The van der Waals surface area contributed by atoms with Crippen molar-refractivity contribution in [2.75, 3.05) is 0 Å². The maximum absolute atomic E-state index is 13.7. The van der Waals surface area contributed by atoms with Crippen LogP contribution in [0.4, 0.5) is 8.78 Å². The Hall–Kier alpha value is -2.26. The highest BCUT2D eigenvalue weighted by atomic mass is 32.2. The number of aryl methyl sites for hydroxylation is 1. The van der Waals surface area contributed by atoms with Crippen molar-refractivity contribution in [2.24, 2.45) is 0 Å². The zero-order valence-electron chi connectivity index (χ0n) is 11.0. The van der Waals surface area contributed by atoms with Gasteiger partial charge in [0.15, 0.2) is 0 Å². The first-order valence-electron chi connectivity index (χ1n) is 5.98. The number of rotatable bonds is 3. The zero-order chi connectivity index (χ0) is 15.6. The van der Waals surface area contributed by atoms with Gasteiger partial charge < -0.3 is 0 Å². The second-order valence-corrected chi connectivity index (χ2v) is 6.51. The molecule has 0 heterocycles. The second kappa shape index (κ2) is 5.62. The van der Waals surface area contributed by atoms with Crippen LogP contribution >= 0.6 is 0 Å². The molecule has 0 saturated heterocycles. The van der Waals surface area contributed by atoms with Crippen LogP contribution in [0.15, 0.2) is 47.4 Å². The summed E-state index contributed by atoms with van der Waals surface area (Å²) in [6, 6.07) is 8.40. The van der Waals surface area contributed by atoms with Crippen LogP contribution in [-0.4, -0.2) is 8.42 Å². The minimum atomic E-state index is -4.07. The smallest absolute Gasteiger partial charge is 0.291 e. The Bertz CT molecular complexity index is 809. The highest BCUT2D eigenvalue weighted by Gasteiger charge is 2.36. The van der Waals surface area contributed by atoms with Crippen LogP contribution in [0.5, 0.6) is 0 Å². The number of sulfone groups is 1. The van der Waals surface area contributed by atoms with Gasteiger partial charge in [0.2, 0.25) is 0 Å². The van der Waals surface area contributed by atoms with Gasteiger partial charge in [0.1, 0.15) is 11.6 Å². The van der Waals surface area contributed by atoms with Gasteiger partial charge >= 0.3 is 5.37 Å². The summed E-state index contributed by atoms with van der Waals surface area (Å²) < 4.78 is 51.5. The third kappa shape index (κ3) is 2.93. The van der Waals surface area contributed by atoms with Crippen molar-refractivity contribution in [2.45, 2.75) is 17.2 Å². The lowest BCUT2D eigenvalue weighted by Crippen LogP contribution is -2.12. The molecule has 21 heavy (non-hydrogen) atoms. The summed E-state index contributed by atoms with van der Waals surface area (Å²) in [6.45, 7) is 8.87. The fourth-order valence-electron chi connectivity index (χ4n) is 1.86. The zero-order valence-corrected chi connectivity index (χ0v) is 11.9. The number of halogens is 2. The van der Waals surface area contributed by atoms with Crippen molar-refractivity contribution in [3.63, 3.8) is 0 Å². The van der Waals surface area contributed by atoms with E-state index in [1.807, 2.05) is 0 Å². The van der Waals surface area contributed by atoms with E-state index in [-0.39, 0.29) is 10.5 Å². The van der Waals surface area contributed by atoms with E-state index in [1.54, 1.807) is 19.1 Å². The van der Waals surface area contributed by atoms with E-state index >= 15 is 0 Å². The monoisotopic (exact) mass is 307 g/mol. The molecule has 1 atom stereocenters. The summed E-state index contributed by atoms with van der Waals surface area (Å²) in [4.78, 5) is 2.95. The largest absolute Gasteiger partial charge is 0.353 e. The molecule has 2 aromatic rings. The molecule has 3 nitrogen and oxygen atoms in total. The average Bonchev–Trinajstić information content (AvgIpc) is 2.42. The van der Waals surface area contributed by atoms with Crippen molar-refractivity contribution in [3.8, 4) is 0 Å². The minimum Gasteiger partial charge on any atom is -0.291 e. The molecule has 6 heteroatoms. The molecule has 2 aromatic carbocycles. The standard InChI is InChI=1S/C15H11F2NO2S/c1-10-3-6-12(7-4-10)21(19,20)15(18-2)13-8-5-11(16)9-14(13)17/h3-9,15H,1H3/t15-/m0/s1. The highest BCUT2D eigenvalue weighted by molar-refractivity contribution is 7.91. The summed E-state index contributed by atoms with van der Waals surface area (Å²) in [5, 5.41) is -1.74. The van der Waals surface area contributed by atoms with Gasteiger partial charge in [-0.25, -0.2) is 23.8 Å². The Kier molecular flexibility index (Phi) is 4.05. The first kappa shape index (κ1) is 15.1. The van der Waals surface area contributed by atoms with Crippen LogP contribution in [0.25, 0.3) is 4.85 Å². The van der Waals surface area contributed by atoms with Gasteiger partial charge in [-0.05, 0) is 31.2 Å². The number of hydrogen-bond acceptors (Lipinski definition) is 2. The molecule has 0 spiro atoms. The van der Waals surface area contributed by atoms with E-state index < -0.39 is 26.8 Å². The molecule has 108 valence electrons. The van der Waals surface area contributed by atoms with Crippen LogP contribution in [-0.2, 0) is 9.84 Å². The minimum absolute atomic E-state index is 0.0715. The van der Waals surface area contributed by atoms with Gasteiger partial charge in [0.05, 0.1) is 10.5 Å². The lowest BCUT2D eigenvalue weighted by molar-refractivity contribution is 0.563. The first-order valence-corrected chi connectivity index (χ1v) is 7.53. The SMILES string of the molecule is [C-]#[N+][C@H](c1ccc(F)cc1F)S(=O)(=O)c1ccc(C)cc1. The summed E-state index contributed by atoms with van der Waals surface area (Å²) in [6.07, 6.45) is 0. The van der Waals surface area contributed by atoms with E-state index in [1.165, 1.54) is 12.1 Å². The summed E-state index contributed by atoms with van der Waals surface area (Å²) in [5.41, 5.74) is 0.508. The Labute approximate surface area is 121 Å². The molecule has 0 aliphatic carbocycles. The predicted octanol–water partition coefficient (Wildman–Crippen LogP) is 3.67. The van der Waals surface area contributed by atoms with Gasteiger partial charge in [-0.2, -0.15) is 0 Å². The molecule has 0 fully saturated rings. The van der Waals surface area contributed by atoms with Gasteiger partial charge in [0.25, 0.3) is 9.84 Å². The molecule has 0 bridgehead atoms. The number of nitrogens with zero attached hydrogens (tertiary/aromatic N) is 1. The highest BCUT2D eigenvalue weighted by Crippen LogP contribution is 2.32. The molecule has 0 aliphatic heterocycles. The van der Waals surface area contributed by atoms with Crippen molar-refractivity contribution < 1.29 is 17.2 Å². The molecule has 0 radical (unpaired) electrons. The summed E-state index contributed by atoms with van der Waals surface area (Å²) in [7, 11) is -4.07. The van der Waals surface area contributed by atoms with Crippen molar-refractivity contribution in [1.29, 1.82) is 0 Å². The third-order valence-corrected chi connectivity index (χ3v) is 4.87. The molecule has 0 N–H and O–H groups in total. The van der Waals surface area contributed by atoms with Crippen molar-refractivity contribution in [3.05, 3.63) is 76.6 Å². The third-order valence-electron chi connectivity index (χ3n) is 2.99. The van der Waals surface area contributed by atoms with Crippen LogP contribution in [0.1, 0.15) is 16.5 Å². The van der Waals surface area contributed by atoms with Crippen LogP contribution < -0.4 is 0 Å². The molecule has 0 amide bonds. The Balaban J connectivity index is 2.55. The lowest BCUT2D eigenvalue weighted by atomic mass is 10.2. The Morgan fingerprint density at radius 2 is 1.71 bits per heavy atom. The summed E-state index contributed by atoms with van der Waals surface area (Å²) in [5.74, 6) is -1.88. The average molecular weight is 307 g/mol. The molecule has 2 rings (SSSR count). The number of benzene rings is 2. The molecule has 0 saturated carbocycles. The molecule has 0 aliphatic rings. The van der Waals surface area contributed by atoms with Gasteiger partial charge in [-0.1, -0.05) is 17.7 Å². The molecule has 0 unspecified atom stereocenters. The maximum atomic E-state index is 13.7. The van der Waals surface area contributed by atoms with Crippen LogP contribution in [0.3, 0.4) is 0 Å². The van der Waals surface area contributed by atoms with Gasteiger partial charge in [-0.15, -0.1) is 0 Å². The van der Waals surface area contributed by atoms with Gasteiger partial charge in [0, 0.05) is 6.07 Å². The quantitative estimate of drug-likeness (QED) is 0.812. The van der Waals surface area contributed by atoms with Gasteiger partial charge in [-0.3, -0.25) is 4.85 Å². The molecular formula is C15H11F2NO2S. The molecular weight excluding hydrogens is 296 g/mol. The van der Waals surface area contributed by atoms with E-state index in [2.05, 4.69) is 4.85 Å². The van der Waals surface area contributed by atoms with E-state index in [0.717, 1.165) is 17.7 Å². The second-order valence-electron chi connectivity index (χ2n) is 4.51. The van der Waals surface area contributed by atoms with Crippen LogP contribution in [0, 0.1) is 25.1 Å². The normalized spacial score (nSPS) is 12.7.